The Balaban J connectivity index is 2.15. The Bertz CT molecular complexity index is 659. The molecule has 0 saturated heterocycles. The van der Waals surface area contributed by atoms with E-state index in [1.54, 1.807) is 43.4 Å². The molecule has 0 atom stereocenters. The van der Waals surface area contributed by atoms with E-state index in [4.69, 9.17) is 9.47 Å². The third kappa shape index (κ3) is 3.51. The summed E-state index contributed by atoms with van der Waals surface area (Å²) in [4.78, 5) is 12.0. The quantitative estimate of drug-likeness (QED) is 0.605. The van der Waals surface area contributed by atoms with Crippen molar-refractivity contribution in [2.75, 3.05) is 14.2 Å². The number of allylic oxidation sites excluding steroid dienone is 1. The first-order chi connectivity index (χ1) is 10.2. The number of methoxy groups -OCH3 is 2. The second kappa shape index (κ2) is 6.74. The van der Waals surface area contributed by atoms with Crippen molar-refractivity contribution in [3.05, 3.63) is 47.8 Å². The molecule has 0 spiro atoms. The zero-order chi connectivity index (χ0) is 15.2. The van der Waals surface area contributed by atoms with Crippen molar-refractivity contribution < 1.29 is 14.3 Å². The molecule has 0 N–H and O–H groups in total. The second-order valence-electron chi connectivity index (χ2n) is 4.40. The van der Waals surface area contributed by atoms with Gasteiger partial charge in [0.25, 0.3) is 0 Å². The molecule has 2 rings (SSSR count). The monoisotopic (exact) mass is 286 g/mol. The van der Waals surface area contributed by atoms with E-state index in [0.29, 0.717) is 17.1 Å². The first-order valence-electron chi connectivity index (χ1n) is 6.64. The van der Waals surface area contributed by atoms with Gasteiger partial charge in [0.15, 0.2) is 17.3 Å². The van der Waals surface area contributed by atoms with Gasteiger partial charge < -0.3 is 9.47 Å². The average molecular weight is 286 g/mol. The van der Waals surface area contributed by atoms with E-state index in [0.717, 1.165) is 12.1 Å². The van der Waals surface area contributed by atoms with Crippen LogP contribution in [0.1, 0.15) is 22.8 Å². The number of ether oxygens (including phenoxy) is 2. The van der Waals surface area contributed by atoms with Crippen molar-refractivity contribution in [1.29, 1.82) is 0 Å². The summed E-state index contributed by atoms with van der Waals surface area (Å²) in [6.07, 6.45) is 6.58. The fourth-order valence-electron chi connectivity index (χ4n) is 1.89. The molecule has 0 saturated carbocycles. The zero-order valence-electron chi connectivity index (χ0n) is 12.4. The average Bonchev–Trinajstić information content (AvgIpc) is 3.01. The Labute approximate surface area is 123 Å². The molecule has 0 amide bonds. The van der Waals surface area contributed by atoms with Gasteiger partial charge in [-0.3, -0.25) is 9.48 Å². The molecule has 21 heavy (non-hydrogen) atoms. The van der Waals surface area contributed by atoms with Crippen LogP contribution in [0.15, 0.2) is 36.7 Å². The van der Waals surface area contributed by atoms with E-state index in [2.05, 4.69) is 5.10 Å². The predicted molar refractivity (Wildman–Crippen MR) is 80.8 cm³/mol. The maximum Gasteiger partial charge on any atom is 0.189 e. The van der Waals surface area contributed by atoms with Gasteiger partial charge >= 0.3 is 0 Å². The molecular weight excluding hydrogens is 268 g/mol. The van der Waals surface area contributed by atoms with Gasteiger partial charge in [0.2, 0.25) is 0 Å². The van der Waals surface area contributed by atoms with Gasteiger partial charge in [-0.1, -0.05) is 12.1 Å². The molecule has 0 aliphatic carbocycles. The number of hydrogen-bond donors (Lipinski definition) is 0. The standard InChI is InChI=1S/C16H18N2O3/c1-4-18-11-13(10-17-18)14(19)7-5-12-6-8-15(20-2)16(9-12)21-3/h5-11H,4H2,1-3H3/b7-5+. The minimum atomic E-state index is -0.0792. The highest BCUT2D eigenvalue weighted by Crippen LogP contribution is 2.27. The number of nitrogens with zero attached hydrogens (tertiary/aromatic N) is 2. The maximum atomic E-state index is 12.0. The van der Waals surface area contributed by atoms with Gasteiger partial charge in [-0.05, 0) is 30.7 Å². The Morgan fingerprint density at radius 2 is 2.05 bits per heavy atom. The number of carbonyl (C=O) groups is 1. The van der Waals surface area contributed by atoms with Gasteiger partial charge in [0.05, 0.1) is 26.0 Å². The van der Waals surface area contributed by atoms with Crippen LogP contribution in [0.3, 0.4) is 0 Å². The minimum Gasteiger partial charge on any atom is -0.493 e. The zero-order valence-corrected chi connectivity index (χ0v) is 12.4. The van der Waals surface area contributed by atoms with Crippen LogP contribution in [0.25, 0.3) is 6.08 Å². The fraction of sp³-hybridized carbons (Fsp3) is 0.250. The van der Waals surface area contributed by atoms with E-state index < -0.39 is 0 Å². The van der Waals surface area contributed by atoms with E-state index in [-0.39, 0.29) is 5.78 Å². The van der Waals surface area contributed by atoms with Crippen LogP contribution in [0.2, 0.25) is 0 Å². The molecule has 0 fully saturated rings. The highest BCUT2D eigenvalue weighted by molar-refractivity contribution is 6.06. The Morgan fingerprint density at radius 1 is 1.29 bits per heavy atom. The second-order valence-corrected chi connectivity index (χ2v) is 4.40. The summed E-state index contributed by atoms with van der Waals surface area (Å²) in [5, 5.41) is 4.09. The number of rotatable bonds is 6. The van der Waals surface area contributed by atoms with Crippen LogP contribution < -0.4 is 9.47 Å². The van der Waals surface area contributed by atoms with Crippen LogP contribution in [0, 0.1) is 0 Å². The number of benzene rings is 1. The summed E-state index contributed by atoms with van der Waals surface area (Å²) < 4.78 is 12.1. The first-order valence-corrected chi connectivity index (χ1v) is 6.64. The van der Waals surface area contributed by atoms with Crippen molar-refractivity contribution in [3.63, 3.8) is 0 Å². The lowest BCUT2D eigenvalue weighted by atomic mass is 10.1. The number of carbonyl (C=O) groups excluding carboxylic acids is 1. The molecule has 0 aliphatic rings. The largest absolute Gasteiger partial charge is 0.493 e. The molecule has 1 aromatic carbocycles. The van der Waals surface area contributed by atoms with Crippen molar-refractivity contribution in [3.8, 4) is 11.5 Å². The normalized spacial score (nSPS) is 10.8. The third-order valence-electron chi connectivity index (χ3n) is 3.08. The molecule has 0 radical (unpaired) electrons. The van der Waals surface area contributed by atoms with Gasteiger partial charge in [0, 0.05) is 12.7 Å². The lowest BCUT2D eigenvalue weighted by molar-refractivity contribution is 0.104. The van der Waals surface area contributed by atoms with Crippen LogP contribution >= 0.6 is 0 Å². The molecular formula is C16H18N2O3. The Kier molecular flexibility index (Phi) is 4.77. The minimum absolute atomic E-state index is 0.0792. The molecule has 110 valence electrons. The Morgan fingerprint density at radius 3 is 2.67 bits per heavy atom. The number of aryl methyl sites for hydroxylation is 1. The van der Waals surface area contributed by atoms with Crippen LogP contribution in [0.5, 0.6) is 11.5 Å². The summed E-state index contributed by atoms with van der Waals surface area (Å²) in [6.45, 7) is 2.72. The van der Waals surface area contributed by atoms with Crippen LogP contribution in [0.4, 0.5) is 0 Å². The smallest absolute Gasteiger partial charge is 0.189 e. The summed E-state index contributed by atoms with van der Waals surface area (Å²) in [5.41, 5.74) is 1.44. The summed E-state index contributed by atoms with van der Waals surface area (Å²) in [6, 6.07) is 5.48. The highest BCUT2D eigenvalue weighted by atomic mass is 16.5. The first kappa shape index (κ1) is 14.8. The molecule has 1 heterocycles. The van der Waals surface area contributed by atoms with Gasteiger partial charge in [0.1, 0.15) is 0 Å². The fourth-order valence-corrected chi connectivity index (χ4v) is 1.89. The lowest BCUT2D eigenvalue weighted by Crippen LogP contribution is -1.94. The molecule has 0 unspecified atom stereocenters. The topological polar surface area (TPSA) is 53.4 Å². The molecule has 1 aromatic heterocycles. The van der Waals surface area contributed by atoms with E-state index in [9.17, 15) is 4.79 Å². The third-order valence-corrected chi connectivity index (χ3v) is 3.08. The molecule has 2 aromatic rings. The predicted octanol–water partition coefficient (Wildman–Crippen LogP) is 2.82. The molecule has 0 bridgehead atoms. The summed E-state index contributed by atoms with van der Waals surface area (Å²) in [5.74, 6) is 1.21. The van der Waals surface area contributed by atoms with Gasteiger partial charge in [-0.15, -0.1) is 0 Å². The lowest BCUT2D eigenvalue weighted by Gasteiger charge is -2.07. The Hall–Kier alpha value is -2.56. The maximum absolute atomic E-state index is 12.0. The van der Waals surface area contributed by atoms with Crippen molar-refractivity contribution >= 4 is 11.9 Å². The van der Waals surface area contributed by atoms with Gasteiger partial charge in [-0.2, -0.15) is 5.10 Å². The van der Waals surface area contributed by atoms with E-state index >= 15 is 0 Å². The summed E-state index contributed by atoms with van der Waals surface area (Å²) in [7, 11) is 3.16. The number of hydrogen-bond acceptors (Lipinski definition) is 4. The molecule has 5 nitrogen and oxygen atoms in total. The van der Waals surface area contributed by atoms with Crippen molar-refractivity contribution in [1.82, 2.24) is 9.78 Å². The van der Waals surface area contributed by atoms with Crippen molar-refractivity contribution in [2.45, 2.75) is 13.5 Å². The summed E-state index contributed by atoms with van der Waals surface area (Å²) >= 11 is 0. The van der Waals surface area contributed by atoms with Crippen LogP contribution in [-0.2, 0) is 6.54 Å². The van der Waals surface area contributed by atoms with Crippen molar-refractivity contribution in [2.24, 2.45) is 0 Å². The number of ketones is 1. The number of aromatic nitrogens is 2. The SMILES string of the molecule is CCn1cc(C(=O)/C=C/c2ccc(OC)c(OC)c2)cn1. The highest BCUT2D eigenvalue weighted by Gasteiger charge is 2.06. The van der Waals surface area contributed by atoms with Gasteiger partial charge in [-0.25, -0.2) is 0 Å². The molecule has 0 aliphatic heterocycles. The van der Waals surface area contributed by atoms with Crippen LogP contribution in [-0.4, -0.2) is 29.8 Å². The molecule has 5 heteroatoms. The van der Waals surface area contributed by atoms with E-state index in [1.165, 1.54) is 6.08 Å². The van der Waals surface area contributed by atoms with E-state index in [1.807, 2.05) is 19.1 Å².